The molecule has 2 N–H and O–H groups in total. The van der Waals surface area contributed by atoms with Gasteiger partial charge in [-0.25, -0.2) is 18.1 Å². The molecule has 1 saturated heterocycles. The molecule has 10 nitrogen and oxygen atoms in total. The van der Waals surface area contributed by atoms with Gasteiger partial charge < -0.3 is 14.4 Å². The lowest BCUT2D eigenvalue weighted by atomic mass is 9.60. The largest absolute Gasteiger partial charge is 0.529 e. The fourth-order valence-corrected chi connectivity index (χ4v) is 5.21. The zero-order valence-electron chi connectivity index (χ0n) is 17.3. The number of halogens is 2. The molecule has 0 aliphatic carbocycles. The van der Waals surface area contributed by atoms with Gasteiger partial charge in [0.15, 0.2) is 7.85 Å². The first-order valence-corrected chi connectivity index (χ1v) is 11.1. The van der Waals surface area contributed by atoms with Crippen LogP contribution >= 0.6 is 7.82 Å². The summed E-state index contributed by atoms with van der Waals surface area (Å²) < 4.78 is 64.7. The summed E-state index contributed by atoms with van der Waals surface area (Å²) in [7, 11) is -0.676. The predicted molar refractivity (Wildman–Crippen MR) is 114 cm³/mol. The van der Waals surface area contributed by atoms with E-state index >= 15 is 4.39 Å². The van der Waals surface area contributed by atoms with Gasteiger partial charge in [0.05, 0.1) is 18.1 Å². The Morgan fingerprint density at radius 3 is 2.75 bits per heavy atom. The minimum atomic E-state index is -4.37. The first kappa shape index (κ1) is 23.0. The number of aliphatic hydroxyl groups is 1. The highest BCUT2D eigenvalue weighted by molar-refractivity contribution is 7.49. The maximum atomic E-state index is 16.0. The molecule has 0 bridgehead atoms. The van der Waals surface area contributed by atoms with Gasteiger partial charge >= 0.3 is 13.5 Å². The second-order valence-corrected chi connectivity index (χ2v) is 9.77. The average Bonchev–Trinajstić information content (AvgIpc) is 2.92. The molecule has 1 fully saturated rings. The van der Waals surface area contributed by atoms with Gasteiger partial charge in [-0.05, 0) is 18.2 Å². The van der Waals surface area contributed by atoms with E-state index in [2.05, 4.69) is 0 Å². The minimum absolute atomic E-state index is 0.0571. The molecule has 2 aliphatic heterocycles. The van der Waals surface area contributed by atoms with Gasteiger partial charge in [-0.1, -0.05) is 0 Å². The Balaban J connectivity index is 1.61. The molecule has 168 valence electrons. The summed E-state index contributed by atoms with van der Waals surface area (Å²) in [6.45, 7) is -0.298. The van der Waals surface area contributed by atoms with E-state index < -0.39 is 54.3 Å². The fourth-order valence-electron chi connectivity index (χ4n) is 3.66. The average molecular weight is 468 g/mol. The third kappa shape index (κ3) is 3.78. The Morgan fingerprint density at radius 1 is 1.34 bits per heavy atom. The number of rotatable bonds is 4. The Bertz CT molecular complexity index is 1240. The van der Waals surface area contributed by atoms with Crippen LogP contribution < -0.4 is 15.8 Å². The van der Waals surface area contributed by atoms with Crippen LogP contribution in [0.15, 0.2) is 40.1 Å². The molecule has 2 aliphatic rings. The van der Waals surface area contributed by atoms with E-state index in [0.29, 0.717) is 5.56 Å². The smallest absolute Gasteiger partial charge is 0.404 e. The second-order valence-electron chi connectivity index (χ2n) is 8.25. The number of fused-ring (bicyclic) bond motifs is 1. The second kappa shape index (κ2) is 7.42. The first-order chi connectivity index (χ1) is 14.8. The van der Waals surface area contributed by atoms with E-state index in [1.165, 1.54) is 29.6 Å². The van der Waals surface area contributed by atoms with Crippen LogP contribution in [0.25, 0.3) is 0 Å². The van der Waals surface area contributed by atoms with Crippen molar-refractivity contribution in [2.45, 2.75) is 36.0 Å². The van der Waals surface area contributed by atoms with Gasteiger partial charge in [-0.3, -0.25) is 23.4 Å². The van der Waals surface area contributed by atoms with Crippen molar-refractivity contribution in [3.63, 3.8) is 0 Å². The van der Waals surface area contributed by atoms with E-state index in [1.807, 2.05) is 4.98 Å². The molecule has 32 heavy (non-hydrogen) atoms. The van der Waals surface area contributed by atoms with Crippen molar-refractivity contribution in [2.75, 3.05) is 0 Å². The van der Waals surface area contributed by atoms with Gasteiger partial charge in [0.25, 0.3) is 5.56 Å². The number of phosphoric ester groups is 1. The number of aliphatic hydroxyl groups excluding tert-OH is 1. The fraction of sp³-hybridized carbons (Fsp3) is 0.375. The number of benzene rings is 1. The van der Waals surface area contributed by atoms with Crippen LogP contribution in [0.1, 0.15) is 12.0 Å². The summed E-state index contributed by atoms with van der Waals surface area (Å²) in [6.07, 6.45) is -1.14. The maximum Gasteiger partial charge on any atom is 0.529 e. The molecular formula is C16H18B3F2N2O8P. The zero-order valence-corrected chi connectivity index (χ0v) is 18.2. The van der Waals surface area contributed by atoms with Crippen LogP contribution in [-0.4, -0.2) is 55.6 Å². The molecule has 0 radical (unpaired) electrons. The van der Waals surface area contributed by atoms with Crippen LogP contribution in [-0.2, 0) is 30.6 Å². The molecule has 4 rings (SSSR count). The van der Waals surface area contributed by atoms with Crippen molar-refractivity contribution >= 4 is 31.4 Å². The number of nitrogens with zero attached hydrogens (tertiary/aromatic N) is 1. The number of nitrogens with one attached hydrogen (secondary N) is 1. The highest BCUT2D eigenvalue weighted by Crippen LogP contribution is 2.59. The molecule has 1 aromatic heterocycles. The quantitative estimate of drug-likeness (QED) is 0.391. The zero-order chi connectivity index (χ0) is 23.5. The summed E-state index contributed by atoms with van der Waals surface area (Å²) >= 11 is 0. The van der Waals surface area contributed by atoms with Crippen molar-refractivity contribution in [2.24, 2.45) is 0 Å². The molecule has 3 heterocycles. The molecule has 0 spiro atoms. The third-order valence-corrected chi connectivity index (χ3v) is 7.14. The number of phosphoric acid groups is 1. The Hall–Kier alpha value is -2.18. The topological polar surface area (TPSA) is 129 Å². The van der Waals surface area contributed by atoms with Gasteiger partial charge in [-0.15, -0.1) is 0 Å². The van der Waals surface area contributed by atoms with E-state index in [0.717, 1.165) is 29.0 Å². The SMILES string of the molecule is BC(B)(OP1(=O)OCc2cc(F)ccc2O1)[C@]1(F)C[C@@H](O)[C@](B)(n2ccc(=O)[nH]c2=O)O1. The first-order valence-electron chi connectivity index (χ1n) is 9.60. The van der Waals surface area contributed by atoms with Crippen molar-refractivity contribution in [1.82, 2.24) is 9.55 Å². The summed E-state index contributed by atoms with van der Waals surface area (Å²) in [5, 5.41) is 8.57. The van der Waals surface area contributed by atoms with Gasteiger partial charge in [0.2, 0.25) is 5.85 Å². The highest BCUT2D eigenvalue weighted by Gasteiger charge is 2.63. The summed E-state index contributed by atoms with van der Waals surface area (Å²) in [5.74, 6) is -3.24. The Morgan fingerprint density at radius 2 is 2.06 bits per heavy atom. The normalized spacial score (nSPS) is 32.3. The minimum Gasteiger partial charge on any atom is -0.404 e. The number of hydrogen-bond donors (Lipinski definition) is 2. The van der Waals surface area contributed by atoms with Gasteiger partial charge in [0.1, 0.15) is 32.9 Å². The third-order valence-electron chi connectivity index (χ3n) is 5.59. The highest BCUT2D eigenvalue weighted by atomic mass is 31.2. The molecule has 1 aromatic carbocycles. The number of aromatic nitrogens is 2. The number of alkyl halides is 1. The van der Waals surface area contributed by atoms with E-state index in [9.17, 15) is 23.7 Å². The van der Waals surface area contributed by atoms with Crippen molar-refractivity contribution in [1.29, 1.82) is 0 Å². The maximum absolute atomic E-state index is 16.0. The molecule has 4 atom stereocenters. The molecule has 16 heteroatoms. The van der Waals surface area contributed by atoms with E-state index in [4.69, 9.17) is 18.3 Å². The van der Waals surface area contributed by atoms with Crippen LogP contribution in [0.2, 0.25) is 0 Å². The van der Waals surface area contributed by atoms with Gasteiger partial charge in [-0.2, -0.15) is 0 Å². The standard InChI is InChI=1S/C16H18B3F2N2O8P/c17-15(23-4-3-12(25)22-13(23)26)11(24)6-14(21,30-15)16(18,19)31-32(27)28-7-8-5-9(20)1-2-10(8)29-32/h1-5,11,24H,6-7,17-19H2,(H,22,25,26)/t11-,14+,15+,32?/m1/s1. The molecule has 2 aromatic rings. The van der Waals surface area contributed by atoms with E-state index in [-0.39, 0.29) is 12.4 Å². The number of hydrogen-bond acceptors (Lipinski definition) is 8. The molecular weight excluding hydrogens is 450 g/mol. The Labute approximate surface area is 182 Å². The van der Waals surface area contributed by atoms with Crippen LogP contribution in [0, 0.1) is 5.82 Å². The van der Waals surface area contributed by atoms with Crippen LogP contribution in [0.4, 0.5) is 8.78 Å². The van der Waals surface area contributed by atoms with Crippen molar-refractivity contribution < 1.29 is 36.8 Å². The molecule has 0 saturated carbocycles. The summed E-state index contributed by atoms with van der Waals surface area (Å²) in [5.41, 5.74) is -3.21. The van der Waals surface area contributed by atoms with Crippen molar-refractivity contribution in [3.8, 4) is 5.75 Å². The lowest BCUT2D eigenvalue weighted by Gasteiger charge is -2.40. The van der Waals surface area contributed by atoms with Crippen LogP contribution in [0.3, 0.4) is 0 Å². The van der Waals surface area contributed by atoms with E-state index in [1.54, 1.807) is 0 Å². The molecule has 0 amide bonds. The summed E-state index contributed by atoms with van der Waals surface area (Å²) in [6, 6.07) is 4.51. The monoisotopic (exact) mass is 468 g/mol. The lowest BCUT2D eigenvalue weighted by molar-refractivity contribution is -0.219. The number of ether oxygens (including phenoxy) is 1. The van der Waals surface area contributed by atoms with Crippen molar-refractivity contribution in [3.05, 3.63) is 62.7 Å². The molecule has 1 unspecified atom stereocenters. The summed E-state index contributed by atoms with van der Waals surface area (Å²) in [4.78, 5) is 25.6. The lowest BCUT2D eigenvalue weighted by Crippen LogP contribution is -2.56. The Kier molecular flexibility index (Phi) is 5.34. The predicted octanol–water partition coefficient (Wildman–Crippen LogP) is -1.98. The van der Waals surface area contributed by atoms with Gasteiger partial charge in [0, 0.05) is 24.2 Å². The number of H-pyrrole nitrogens is 1. The van der Waals surface area contributed by atoms with Crippen LogP contribution in [0.5, 0.6) is 5.75 Å². The number of aromatic amines is 1.